The average molecular weight is 260 g/mol. The maximum Gasteiger partial charge on any atom is 0.256 e. The molecule has 0 radical (unpaired) electrons. The van der Waals surface area contributed by atoms with Crippen molar-refractivity contribution in [3.63, 3.8) is 0 Å². The largest absolute Gasteiger partial charge is 0.409 e. The third-order valence-electron chi connectivity index (χ3n) is 2.04. The minimum absolute atomic E-state index is 0.0998. The summed E-state index contributed by atoms with van der Waals surface area (Å²) >= 11 is 5.57. The molecule has 17 heavy (non-hydrogen) atoms. The van der Waals surface area contributed by atoms with Crippen molar-refractivity contribution in [1.29, 1.82) is 0 Å². The first kappa shape index (κ1) is 13.2. The van der Waals surface area contributed by atoms with Crippen molar-refractivity contribution < 1.29 is 14.4 Å². The third-order valence-corrected chi connectivity index (χ3v) is 2.27. The van der Waals surface area contributed by atoms with Crippen molar-refractivity contribution in [2.24, 2.45) is 10.9 Å². The molecule has 0 bridgehead atoms. The molecule has 1 aromatic carbocycles. The minimum Gasteiger partial charge on any atom is -0.409 e. The highest BCUT2D eigenvalue weighted by Gasteiger charge is 2.17. The Morgan fingerprint density at radius 1 is 1.65 bits per heavy atom. The van der Waals surface area contributed by atoms with Crippen molar-refractivity contribution in [3.8, 4) is 0 Å². The van der Waals surface area contributed by atoms with E-state index in [1.807, 2.05) is 0 Å². The quantitative estimate of drug-likeness (QED) is 0.372. The molecule has 1 rings (SSSR count). The summed E-state index contributed by atoms with van der Waals surface area (Å²) in [5.74, 6) is -1.44. The molecule has 0 unspecified atom stereocenters. The molecule has 0 saturated heterocycles. The Balaban J connectivity index is 2.89. The summed E-state index contributed by atoms with van der Waals surface area (Å²) < 4.78 is 13.4. The van der Waals surface area contributed by atoms with E-state index >= 15 is 0 Å². The number of halogens is 2. The molecule has 0 saturated carbocycles. The fourth-order valence-corrected chi connectivity index (χ4v) is 1.37. The van der Waals surface area contributed by atoms with Crippen LogP contribution in [0, 0.1) is 5.82 Å². The van der Waals surface area contributed by atoms with Crippen LogP contribution < -0.4 is 5.73 Å². The SMILES string of the molecule is CN(CC(N)=NO)C(=O)c1ccc(Cl)cc1F. The Morgan fingerprint density at radius 2 is 2.29 bits per heavy atom. The van der Waals surface area contributed by atoms with Gasteiger partial charge in [0.1, 0.15) is 5.82 Å². The Labute approximate surface area is 102 Å². The number of nitrogens with two attached hydrogens (primary N) is 1. The van der Waals surface area contributed by atoms with Crippen molar-refractivity contribution in [2.45, 2.75) is 0 Å². The Hall–Kier alpha value is -1.82. The zero-order valence-electron chi connectivity index (χ0n) is 9.02. The van der Waals surface area contributed by atoms with Crippen molar-refractivity contribution >= 4 is 23.3 Å². The lowest BCUT2D eigenvalue weighted by molar-refractivity contribution is 0.0809. The number of rotatable bonds is 3. The summed E-state index contributed by atoms with van der Waals surface area (Å²) in [6.45, 7) is -0.0998. The van der Waals surface area contributed by atoms with Crippen LogP contribution in [0.15, 0.2) is 23.4 Å². The van der Waals surface area contributed by atoms with Gasteiger partial charge in [-0.3, -0.25) is 4.79 Å². The molecular weight excluding hydrogens is 249 g/mol. The normalized spacial score (nSPS) is 11.4. The van der Waals surface area contributed by atoms with Crippen LogP contribution in [0.1, 0.15) is 10.4 Å². The second-order valence-corrected chi connectivity index (χ2v) is 3.81. The second kappa shape index (κ2) is 5.49. The van der Waals surface area contributed by atoms with E-state index in [1.54, 1.807) is 0 Å². The number of hydrogen-bond donors (Lipinski definition) is 2. The molecular formula is C10H11ClFN3O2. The summed E-state index contributed by atoms with van der Waals surface area (Å²) in [6.07, 6.45) is 0. The highest BCUT2D eigenvalue weighted by molar-refractivity contribution is 6.30. The van der Waals surface area contributed by atoms with Gasteiger partial charge in [0.15, 0.2) is 5.84 Å². The van der Waals surface area contributed by atoms with E-state index in [0.29, 0.717) is 0 Å². The summed E-state index contributed by atoms with van der Waals surface area (Å²) in [7, 11) is 1.41. The molecule has 0 aliphatic carbocycles. The average Bonchev–Trinajstić information content (AvgIpc) is 2.28. The van der Waals surface area contributed by atoms with Crippen LogP contribution >= 0.6 is 11.6 Å². The van der Waals surface area contributed by atoms with Gasteiger partial charge in [0.2, 0.25) is 0 Å². The number of nitrogens with zero attached hydrogens (tertiary/aromatic N) is 2. The van der Waals surface area contributed by atoms with Gasteiger partial charge in [-0.2, -0.15) is 0 Å². The lowest BCUT2D eigenvalue weighted by atomic mass is 10.2. The highest BCUT2D eigenvalue weighted by atomic mass is 35.5. The minimum atomic E-state index is -0.714. The molecule has 92 valence electrons. The van der Waals surface area contributed by atoms with Gasteiger partial charge < -0.3 is 15.8 Å². The number of likely N-dealkylation sites (N-methyl/N-ethyl adjacent to an activating group) is 1. The molecule has 0 aromatic heterocycles. The first-order valence-electron chi connectivity index (χ1n) is 4.62. The van der Waals surface area contributed by atoms with Crippen molar-refractivity contribution in [1.82, 2.24) is 4.90 Å². The van der Waals surface area contributed by atoms with E-state index in [9.17, 15) is 9.18 Å². The molecule has 0 fully saturated rings. The van der Waals surface area contributed by atoms with E-state index in [0.717, 1.165) is 11.0 Å². The standard InChI is InChI=1S/C10H11ClFN3O2/c1-15(5-9(13)14-17)10(16)7-3-2-6(11)4-8(7)12/h2-4,17H,5H2,1H3,(H2,13,14). The fraction of sp³-hybridized carbons (Fsp3) is 0.200. The zero-order valence-corrected chi connectivity index (χ0v) is 9.78. The van der Waals surface area contributed by atoms with Crippen LogP contribution in [0.4, 0.5) is 4.39 Å². The summed E-state index contributed by atoms with van der Waals surface area (Å²) in [5.41, 5.74) is 5.12. The van der Waals surface area contributed by atoms with Crippen LogP contribution in [0.5, 0.6) is 0 Å². The monoisotopic (exact) mass is 259 g/mol. The van der Waals surface area contributed by atoms with Gasteiger partial charge in [0.25, 0.3) is 5.91 Å². The zero-order chi connectivity index (χ0) is 13.0. The van der Waals surface area contributed by atoms with E-state index < -0.39 is 11.7 Å². The number of carbonyl (C=O) groups is 1. The molecule has 7 heteroatoms. The van der Waals surface area contributed by atoms with E-state index in [2.05, 4.69) is 5.16 Å². The summed E-state index contributed by atoms with van der Waals surface area (Å²) in [5, 5.41) is 11.3. The first-order valence-corrected chi connectivity index (χ1v) is 5.00. The Bertz CT molecular complexity index is 465. The number of amides is 1. The molecule has 0 heterocycles. The van der Waals surface area contributed by atoms with E-state index in [-0.39, 0.29) is 23.0 Å². The van der Waals surface area contributed by atoms with E-state index in [4.69, 9.17) is 22.5 Å². The number of carbonyl (C=O) groups excluding carboxylic acids is 1. The van der Waals surface area contributed by atoms with Crippen molar-refractivity contribution in [2.75, 3.05) is 13.6 Å². The number of amidine groups is 1. The van der Waals surface area contributed by atoms with Gasteiger partial charge in [-0.1, -0.05) is 16.8 Å². The number of oxime groups is 1. The van der Waals surface area contributed by atoms with Crippen LogP contribution in [0.2, 0.25) is 5.02 Å². The maximum atomic E-state index is 13.4. The number of benzene rings is 1. The predicted molar refractivity (Wildman–Crippen MR) is 61.8 cm³/mol. The molecule has 3 N–H and O–H groups in total. The van der Waals surface area contributed by atoms with Gasteiger partial charge >= 0.3 is 0 Å². The molecule has 0 atom stereocenters. The smallest absolute Gasteiger partial charge is 0.256 e. The van der Waals surface area contributed by atoms with Gasteiger partial charge in [0.05, 0.1) is 12.1 Å². The first-order chi connectivity index (χ1) is 7.95. The number of hydrogen-bond acceptors (Lipinski definition) is 3. The summed E-state index contributed by atoms with van der Waals surface area (Å²) in [4.78, 5) is 12.9. The highest BCUT2D eigenvalue weighted by Crippen LogP contribution is 2.15. The van der Waals surface area contributed by atoms with Crippen LogP contribution in [-0.4, -0.2) is 35.4 Å². The molecule has 1 amide bonds. The van der Waals surface area contributed by atoms with E-state index in [1.165, 1.54) is 19.2 Å². The van der Waals surface area contributed by atoms with Gasteiger partial charge in [-0.25, -0.2) is 4.39 Å². The lowest BCUT2D eigenvalue weighted by Gasteiger charge is -2.16. The predicted octanol–water partition coefficient (Wildman–Crippen LogP) is 1.30. The third kappa shape index (κ3) is 3.32. The fourth-order valence-electron chi connectivity index (χ4n) is 1.21. The topological polar surface area (TPSA) is 78.9 Å². The molecule has 5 nitrogen and oxygen atoms in total. The summed E-state index contributed by atoms with van der Waals surface area (Å²) in [6, 6.07) is 3.74. The molecule has 1 aromatic rings. The Morgan fingerprint density at radius 3 is 2.82 bits per heavy atom. The lowest BCUT2D eigenvalue weighted by Crippen LogP contribution is -2.35. The van der Waals surface area contributed by atoms with Crippen LogP contribution in [0.3, 0.4) is 0 Å². The van der Waals surface area contributed by atoms with Gasteiger partial charge in [-0.05, 0) is 18.2 Å². The molecule has 0 spiro atoms. The van der Waals surface area contributed by atoms with Crippen molar-refractivity contribution in [3.05, 3.63) is 34.6 Å². The second-order valence-electron chi connectivity index (χ2n) is 3.38. The molecule has 0 aliphatic heterocycles. The maximum absolute atomic E-state index is 13.4. The Kier molecular flexibility index (Phi) is 4.28. The molecule has 0 aliphatic rings. The van der Waals surface area contributed by atoms with Gasteiger partial charge in [0, 0.05) is 12.1 Å². The van der Waals surface area contributed by atoms with Crippen LogP contribution in [0.25, 0.3) is 0 Å². The van der Waals surface area contributed by atoms with Gasteiger partial charge in [-0.15, -0.1) is 0 Å². The van der Waals surface area contributed by atoms with Crippen LogP contribution in [-0.2, 0) is 0 Å².